The van der Waals surface area contributed by atoms with E-state index in [1.54, 1.807) is 6.20 Å². The van der Waals surface area contributed by atoms with Crippen molar-refractivity contribution in [2.75, 3.05) is 0 Å². The van der Waals surface area contributed by atoms with E-state index in [-0.39, 0.29) is 12.2 Å². The van der Waals surface area contributed by atoms with Crippen LogP contribution in [0.25, 0.3) is 11.3 Å². The van der Waals surface area contributed by atoms with Crippen LogP contribution in [-0.2, 0) is 11.2 Å². The Morgan fingerprint density at radius 1 is 1.29 bits per heavy atom. The second-order valence-corrected chi connectivity index (χ2v) is 4.57. The fourth-order valence-corrected chi connectivity index (χ4v) is 2.01. The first kappa shape index (κ1) is 11.9. The Labute approximate surface area is 108 Å². The van der Waals surface area contributed by atoms with Gasteiger partial charge in [0.15, 0.2) is 0 Å². The Morgan fingerprint density at radius 3 is 2.76 bits per heavy atom. The van der Waals surface area contributed by atoms with Crippen LogP contribution < -0.4 is 0 Å². The highest BCUT2D eigenvalue weighted by Gasteiger charge is 2.06. The van der Waals surface area contributed by atoms with Crippen molar-refractivity contribution in [2.45, 2.75) is 13.3 Å². The largest absolute Gasteiger partial charge is 0.300 e. The molecule has 0 saturated carbocycles. The predicted molar refractivity (Wildman–Crippen MR) is 69.6 cm³/mol. The summed E-state index contributed by atoms with van der Waals surface area (Å²) < 4.78 is 0.979. The molecule has 1 aromatic heterocycles. The standard InChI is InChI=1S/C13H11BrN2O/c1-9(17)8-13-15-7-6-12(16-13)10-4-2-3-5-11(10)14/h2-7H,8H2,1H3. The molecule has 86 valence electrons. The van der Waals surface area contributed by atoms with E-state index in [0.29, 0.717) is 5.82 Å². The van der Waals surface area contributed by atoms with E-state index in [9.17, 15) is 4.79 Å². The summed E-state index contributed by atoms with van der Waals surface area (Å²) in [5, 5.41) is 0. The molecule has 2 rings (SSSR count). The van der Waals surface area contributed by atoms with Gasteiger partial charge in [-0.05, 0) is 19.1 Å². The summed E-state index contributed by atoms with van der Waals surface area (Å²) >= 11 is 3.48. The molecular formula is C13H11BrN2O. The summed E-state index contributed by atoms with van der Waals surface area (Å²) in [6.07, 6.45) is 1.96. The maximum Gasteiger partial charge on any atom is 0.137 e. The molecule has 0 fully saturated rings. The van der Waals surface area contributed by atoms with E-state index >= 15 is 0 Å². The van der Waals surface area contributed by atoms with Gasteiger partial charge in [0.1, 0.15) is 11.6 Å². The second kappa shape index (κ2) is 5.19. The highest BCUT2D eigenvalue weighted by molar-refractivity contribution is 9.10. The molecule has 1 heterocycles. The second-order valence-electron chi connectivity index (χ2n) is 3.72. The van der Waals surface area contributed by atoms with Crippen molar-refractivity contribution < 1.29 is 4.79 Å². The summed E-state index contributed by atoms with van der Waals surface area (Å²) in [5.74, 6) is 0.625. The van der Waals surface area contributed by atoms with Gasteiger partial charge in [0.2, 0.25) is 0 Å². The van der Waals surface area contributed by atoms with Crippen LogP contribution in [-0.4, -0.2) is 15.8 Å². The number of rotatable bonds is 3. The molecule has 0 saturated heterocycles. The number of ketones is 1. The molecule has 0 N–H and O–H groups in total. The molecule has 17 heavy (non-hydrogen) atoms. The molecular weight excluding hydrogens is 280 g/mol. The fourth-order valence-electron chi connectivity index (χ4n) is 1.53. The summed E-state index contributed by atoms with van der Waals surface area (Å²) in [5.41, 5.74) is 1.82. The highest BCUT2D eigenvalue weighted by Crippen LogP contribution is 2.25. The van der Waals surface area contributed by atoms with Crippen molar-refractivity contribution in [1.29, 1.82) is 0 Å². The van der Waals surface area contributed by atoms with E-state index < -0.39 is 0 Å². The Kier molecular flexibility index (Phi) is 3.64. The smallest absolute Gasteiger partial charge is 0.137 e. The zero-order valence-corrected chi connectivity index (χ0v) is 10.9. The number of carbonyl (C=O) groups is 1. The third kappa shape index (κ3) is 2.97. The number of carbonyl (C=O) groups excluding carboxylic acids is 1. The van der Waals surface area contributed by atoms with E-state index in [4.69, 9.17) is 0 Å². The van der Waals surface area contributed by atoms with Gasteiger partial charge < -0.3 is 0 Å². The van der Waals surface area contributed by atoms with Gasteiger partial charge in [-0.15, -0.1) is 0 Å². The average molecular weight is 291 g/mol. The number of nitrogens with zero attached hydrogens (tertiary/aromatic N) is 2. The van der Waals surface area contributed by atoms with Crippen LogP contribution in [0.4, 0.5) is 0 Å². The van der Waals surface area contributed by atoms with Crippen LogP contribution in [0, 0.1) is 0 Å². The fraction of sp³-hybridized carbons (Fsp3) is 0.154. The molecule has 0 aliphatic rings. The van der Waals surface area contributed by atoms with Gasteiger partial charge in [0.25, 0.3) is 0 Å². The quantitative estimate of drug-likeness (QED) is 0.873. The topological polar surface area (TPSA) is 42.9 Å². The Bertz CT molecular complexity index is 555. The van der Waals surface area contributed by atoms with Crippen molar-refractivity contribution in [3.05, 3.63) is 46.8 Å². The molecule has 0 unspecified atom stereocenters. The first-order chi connectivity index (χ1) is 8.16. The average Bonchev–Trinajstić information content (AvgIpc) is 2.29. The first-order valence-electron chi connectivity index (χ1n) is 5.23. The number of aromatic nitrogens is 2. The lowest BCUT2D eigenvalue weighted by Crippen LogP contribution is -2.02. The number of benzene rings is 1. The maximum absolute atomic E-state index is 11.0. The molecule has 0 atom stereocenters. The summed E-state index contributed by atoms with van der Waals surface area (Å²) in [6.45, 7) is 1.54. The van der Waals surface area contributed by atoms with E-state index in [1.807, 2.05) is 30.3 Å². The van der Waals surface area contributed by atoms with Gasteiger partial charge in [-0.1, -0.05) is 34.1 Å². The van der Waals surface area contributed by atoms with Crippen LogP contribution in [0.1, 0.15) is 12.7 Å². The summed E-state index contributed by atoms with van der Waals surface area (Å²) in [4.78, 5) is 19.5. The molecule has 2 aromatic rings. The number of Topliss-reactive ketones (excluding diaryl/α,β-unsaturated/α-hetero) is 1. The number of hydrogen-bond acceptors (Lipinski definition) is 3. The normalized spacial score (nSPS) is 10.2. The molecule has 0 aliphatic heterocycles. The third-order valence-electron chi connectivity index (χ3n) is 2.26. The lowest BCUT2D eigenvalue weighted by molar-refractivity contribution is -0.116. The summed E-state index contributed by atoms with van der Waals surface area (Å²) in [6, 6.07) is 9.67. The highest BCUT2D eigenvalue weighted by atomic mass is 79.9. The van der Waals surface area contributed by atoms with Crippen molar-refractivity contribution in [3.63, 3.8) is 0 Å². The molecule has 1 aromatic carbocycles. The van der Waals surface area contributed by atoms with E-state index in [1.165, 1.54) is 6.92 Å². The number of halogens is 1. The van der Waals surface area contributed by atoms with Crippen molar-refractivity contribution in [1.82, 2.24) is 9.97 Å². The lowest BCUT2D eigenvalue weighted by atomic mass is 10.1. The molecule has 0 radical (unpaired) electrons. The van der Waals surface area contributed by atoms with Crippen LogP contribution in [0.15, 0.2) is 41.0 Å². The van der Waals surface area contributed by atoms with Gasteiger partial charge in [0.05, 0.1) is 12.1 Å². The Hall–Kier alpha value is -1.55. The molecule has 0 bridgehead atoms. The summed E-state index contributed by atoms with van der Waals surface area (Å²) in [7, 11) is 0. The van der Waals surface area contributed by atoms with E-state index in [0.717, 1.165) is 15.7 Å². The zero-order chi connectivity index (χ0) is 12.3. The van der Waals surface area contributed by atoms with E-state index in [2.05, 4.69) is 25.9 Å². The third-order valence-corrected chi connectivity index (χ3v) is 2.95. The van der Waals surface area contributed by atoms with Crippen molar-refractivity contribution >= 4 is 21.7 Å². The SMILES string of the molecule is CC(=O)Cc1nccc(-c2ccccc2Br)n1. The molecule has 4 heteroatoms. The van der Waals surface area contributed by atoms with Gasteiger partial charge >= 0.3 is 0 Å². The predicted octanol–water partition coefficient (Wildman–Crippen LogP) is 3.04. The molecule has 0 spiro atoms. The van der Waals surface area contributed by atoms with Gasteiger partial charge in [0, 0.05) is 16.2 Å². The lowest BCUT2D eigenvalue weighted by Gasteiger charge is -2.04. The minimum atomic E-state index is 0.0641. The Balaban J connectivity index is 2.40. The minimum absolute atomic E-state index is 0.0641. The van der Waals surface area contributed by atoms with Gasteiger partial charge in [-0.25, -0.2) is 9.97 Å². The first-order valence-corrected chi connectivity index (χ1v) is 6.02. The molecule has 0 amide bonds. The van der Waals surface area contributed by atoms with Crippen molar-refractivity contribution in [3.8, 4) is 11.3 Å². The number of hydrogen-bond donors (Lipinski definition) is 0. The van der Waals surface area contributed by atoms with Gasteiger partial charge in [-0.2, -0.15) is 0 Å². The zero-order valence-electron chi connectivity index (χ0n) is 9.35. The Morgan fingerprint density at radius 2 is 2.06 bits per heavy atom. The van der Waals surface area contributed by atoms with Gasteiger partial charge in [-0.3, -0.25) is 4.79 Å². The molecule has 3 nitrogen and oxygen atoms in total. The maximum atomic E-state index is 11.0. The van der Waals surface area contributed by atoms with Crippen LogP contribution in [0.2, 0.25) is 0 Å². The van der Waals surface area contributed by atoms with Crippen molar-refractivity contribution in [2.24, 2.45) is 0 Å². The monoisotopic (exact) mass is 290 g/mol. The van der Waals surface area contributed by atoms with Crippen LogP contribution in [0.3, 0.4) is 0 Å². The van der Waals surface area contributed by atoms with Crippen LogP contribution >= 0.6 is 15.9 Å². The minimum Gasteiger partial charge on any atom is -0.300 e. The van der Waals surface area contributed by atoms with Crippen LogP contribution in [0.5, 0.6) is 0 Å². The molecule has 0 aliphatic carbocycles.